The van der Waals surface area contributed by atoms with Gasteiger partial charge in [0.1, 0.15) is 0 Å². The van der Waals surface area contributed by atoms with Gasteiger partial charge in [0.2, 0.25) is 0 Å². The van der Waals surface area contributed by atoms with Crippen molar-refractivity contribution in [2.24, 2.45) is 5.84 Å². The average Bonchev–Trinajstić information content (AvgIpc) is 2.54. The zero-order valence-electron chi connectivity index (χ0n) is 11.3. The number of nitrogens with one attached hydrogen (secondary N) is 1. The van der Waals surface area contributed by atoms with Gasteiger partial charge in [-0.2, -0.15) is 0 Å². The molecule has 0 saturated carbocycles. The lowest BCUT2D eigenvalue weighted by Crippen LogP contribution is -2.36. The molecule has 1 amide bonds. The van der Waals surface area contributed by atoms with Gasteiger partial charge in [0, 0.05) is 18.4 Å². The Labute approximate surface area is 121 Å². The van der Waals surface area contributed by atoms with E-state index in [2.05, 4.69) is 10.4 Å². The average molecular weight is 286 g/mol. The number of rotatable bonds is 2. The Bertz CT molecular complexity index is 689. The number of carbonyl (C=O) groups is 1. The number of carbonyl (C=O) groups excluding carboxylic acids is 1. The van der Waals surface area contributed by atoms with Gasteiger partial charge in [-0.15, -0.1) is 0 Å². The minimum atomic E-state index is -0.729. The van der Waals surface area contributed by atoms with Crippen molar-refractivity contribution in [2.75, 3.05) is 16.9 Å². The number of nitrogens with zero attached hydrogens (tertiary/aromatic N) is 2. The van der Waals surface area contributed by atoms with Crippen molar-refractivity contribution in [3.8, 4) is 0 Å². The number of nitrogen functional groups attached to an aromatic ring is 1. The first-order valence-corrected chi connectivity index (χ1v) is 6.73. The molecule has 0 radical (unpaired) electrons. The van der Waals surface area contributed by atoms with E-state index < -0.39 is 5.82 Å². The van der Waals surface area contributed by atoms with Gasteiger partial charge in [-0.1, -0.05) is 18.2 Å². The molecule has 108 valence electrons. The van der Waals surface area contributed by atoms with Gasteiger partial charge in [-0.3, -0.25) is 4.79 Å². The zero-order chi connectivity index (χ0) is 14.8. The normalized spacial score (nSPS) is 13.7. The molecule has 2 aromatic rings. The minimum Gasteiger partial charge on any atom is -0.308 e. The van der Waals surface area contributed by atoms with Gasteiger partial charge in [-0.05, 0) is 30.5 Å². The van der Waals surface area contributed by atoms with Crippen molar-refractivity contribution in [3.05, 3.63) is 53.5 Å². The van der Waals surface area contributed by atoms with Crippen molar-refractivity contribution in [2.45, 2.75) is 12.8 Å². The van der Waals surface area contributed by atoms with Crippen LogP contribution in [0.25, 0.3) is 0 Å². The Balaban J connectivity index is 2.01. The van der Waals surface area contributed by atoms with Crippen molar-refractivity contribution in [1.82, 2.24) is 4.98 Å². The summed E-state index contributed by atoms with van der Waals surface area (Å²) < 4.78 is 14.2. The number of halogens is 1. The molecule has 1 aromatic carbocycles. The summed E-state index contributed by atoms with van der Waals surface area (Å²) in [6, 6.07) is 9.06. The van der Waals surface area contributed by atoms with E-state index in [0.29, 0.717) is 6.54 Å². The number of nitrogens with two attached hydrogens (primary N) is 1. The number of hydrogen-bond donors (Lipinski definition) is 2. The highest BCUT2D eigenvalue weighted by Crippen LogP contribution is 2.29. The van der Waals surface area contributed by atoms with Crippen molar-refractivity contribution in [1.29, 1.82) is 0 Å². The molecule has 5 nitrogen and oxygen atoms in total. The molecule has 3 N–H and O–H groups in total. The first-order valence-electron chi connectivity index (χ1n) is 6.73. The monoisotopic (exact) mass is 286 g/mol. The maximum absolute atomic E-state index is 14.2. The number of hydrazine groups is 1. The summed E-state index contributed by atoms with van der Waals surface area (Å²) in [7, 11) is 0. The van der Waals surface area contributed by atoms with E-state index >= 15 is 0 Å². The second-order valence-electron chi connectivity index (χ2n) is 4.85. The van der Waals surface area contributed by atoms with E-state index in [1.54, 1.807) is 4.90 Å². The predicted molar refractivity (Wildman–Crippen MR) is 78.4 cm³/mol. The predicted octanol–water partition coefficient (Wildman–Crippen LogP) is 2.10. The zero-order valence-corrected chi connectivity index (χ0v) is 11.3. The third-order valence-electron chi connectivity index (χ3n) is 3.61. The number of anilines is 2. The molecule has 1 aliphatic heterocycles. The first kappa shape index (κ1) is 13.5. The molecule has 0 unspecified atom stereocenters. The standard InChI is InChI=1S/C15H15FN4O/c16-13-11(7-8-18-14(13)19-17)15(21)20-9-3-5-10-4-1-2-6-12(10)20/h1-2,4,6-8H,3,5,9,17H2,(H,18,19). The molecule has 0 saturated heterocycles. The van der Waals surface area contributed by atoms with Gasteiger partial charge in [0.25, 0.3) is 5.91 Å². The van der Waals surface area contributed by atoms with Crippen molar-refractivity contribution in [3.63, 3.8) is 0 Å². The van der Waals surface area contributed by atoms with Crippen LogP contribution < -0.4 is 16.2 Å². The third kappa shape index (κ3) is 2.34. The highest BCUT2D eigenvalue weighted by atomic mass is 19.1. The lowest BCUT2D eigenvalue weighted by molar-refractivity contribution is 0.0981. The van der Waals surface area contributed by atoms with E-state index in [4.69, 9.17) is 5.84 Å². The maximum Gasteiger partial charge on any atom is 0.261 e. The van der Waals surface area contributed by atoms with E-state index in [0.717, 1.165) is 24.1 Å². The lowest BCUT2D eigenvalue weighted by atomic mass is 10.0. The van der Waals surface area contributed by atoms with Crippen LogP contribution >= 0.6 is 0 Å². The summed E-state index contributed by atoms with van der Waals surface area (Å²) in [6.07, 6.45) is 3.15. The molecule has 1 aromatic heterocycles. The molecule has 0 aliphatic carbocycles. The van der Waals surface area contributed by atoms with Crippen LogP contribution in [0.15, 0.2) is 36.5 Å². The SMILES string of the molecule is NNc1nccc(C(=O)N2CCCc3ccccc32)c1F. The van der Waals surface area contributed by atoms with Crippen LogP contribution in [0.5, 0.6) is 0 Å². The molecule has 0 bridgehead atoms. The number of para-hydroxylation sites is 1. The molecule has 21 heavy (non-hydrogen) atoms. The summed E-state index contributed by atoms with van der Waals surface area (Å²) in [5, 5.41) is 0. The van der Waals surface area contributed by atoms with Crippen LogP contribution in [0.4, 0.5) is 15.9 Å². The van der Waals surface area contributed by atoms with Gasteiger partial charge >= 0.3 is 0 Å². The van der Waals surface area contributed by atoms with Crippen molar-refractivity contribution < 1.29 is 9.18 Å². The summed E-state index contributed by atoms with van der Waals surface area (Å²) in [6.45, 7) is 0.572. The second-order valence-corrected chi connectivity index (χ2v) is 4.85. The number of amides is 1. The topological polar surface area (TPSA) is 71.2 Å². The smallest absolute Gasteiger partial charge is 0.261 e. The fourth-order valence-corrected chi connectivity index (χ4v) is 2.60. The summed E-state index contributed by atoms with van der Waals surface area (Å²) in [5.74, 6) is 3.96. The van der Waals surface area contributed by atoms with Gasteiger partial charge in [0.15, 0.2) is 11.6 Å². The molecular formula is C15H15FN4O. The van der Waals surface area contributed by atoms with E-state index in [9.17, 15) is 9.18 Å². The number of benzene rings is 1. The van der Waals surface area contributed by atoms with Crippen LogP contribution in [0, 0.1) is 5.82 Å². The molecule has 1 aliphatic rings. The largest absolute Gasteiger partial charge is 0.308 e. The summed E-state index contributed by atoms with van der Waals surface area (Å²) in [4.78, 5) is 18.0. The number of aromatic nitrogens is 1. The fraction of sp³-hybridized carbons (Fsp3) is 0.200. The second kappa shape index (κ2) is 5.49. The molecule has 2 heterocycles. The van der Waals surface area contributed by atoms with Crippen LogP contribution in [-0.4, -0.2) is 17.4 Å². The Kier molecular flexibility index (Phi) is 3.53. The van der Waals surface area contributed by atoms with Crippen LogP contribution in [0.2, 0.25) is 0 Å². The van der Waals surface area contributed by atoms with E-state index in [1.165, 1.54) is 12.3 Å². The molecule has 3 rings (SSSR count). The van der Waals surface area contributed by atoms with E-state index in [-0.39, 0.29) is 17.3 Å². The Hall–Kier alpha value is -2.47. The summed E-state index contributed by atoms with van der Waals surface area (Å²) >= 11 is 0. The highest BCUT2D eigenvalue weighted by Gasteiger charge is 2.26. The third-order valence-corrected chi connectivity index (χ3v) is 3.61. The molecule has 0 atom stereocenters. The Morgan fingerprint density at radius 1 is 1.33 bits per heavy atom. The van der Waals surface area contributed by atoms with Crippen molar-refractivity contribution >= 4 is 17.4 Å². The first-order chi connectivity index (χ1) is 10.2. The molecule has 6 heteroatoms. The van der Waals surface area contributed by atoms with E-state index in [1.807, 2.05) is 24.3 Å². The Morgan fingerprint density at radius 3 is 2.95 bits per heavy atom. The van der Waals surface area contributed by atoms with Crippen LogP contribution in [0.1, 0.15) is 22.3 Å². The molecule has 0 fully saturated rings. The summed E-state index contributed by atoms with van der Waals surface area (Å²) in [5.41, 5.74) is 4.06. The molecule has 0 spiro atoms. The number of hydrogen-bond acceptors (Lipinski definition) is 4. The Morgan fingerprint density at radius 2 is 2.14 bits per heavy atom. The highest BCUT2D eigenvalue weighted by molar-refractivity contribution is 6.07. The number of aryl methyl sites for hydroxylation is 1. The van der Waals surface area contributed by atoms with Gasteiger partial charge in [-0.25, -0.2) is 15.2 Å². The number of fused-ring (bicyclic) bond motifs is 1. The minimum absolute atomic E-state index is 0.0327. The quantitative estimate of drug-likeness (QED) is 0.655. The lowest BCUT2D eigenvalue weighted by Gasteiger charge is -2.29. The van der Waals surface area contributed by atoms with Gasteiger partial charge < -0.3 is 10.3 Å². The van der Waals surface area contributed by atoms with Crippen LogP contribution in [0.3, 0.4) is 0 Å². The number of pyridine rings is 1. The molecular weight excluding hydrogens is 271 g/mol. The van der Waals surface area contributed by atoms with Crippen LogP contribution in [-0.2, 0) is 6.42 Å². The maximum atomic E-state index is 14.2. The fourth-order valence-electron chi connectivity index (χ4n) is 2.60. The van der Waals surface area contributed by atoms with Gasteiger partial charge in [0.05, 0.1) is 5.56 Å².